The van der Waals surface area contributed by atoms with Crippen LogP contribution in [0.1, 0.15) is 39.1 Å². The number of benzene rings is 6. The van der Waals surface area contributed by atoms with Crippen LogP contribution in [0, 0.1) is 0 Å². The third kappa shape index (κ3) is 10.5. The quantitative estimate of drug-likeness (QED) is 0.0482. The summed E-state index contributed by atoms with van der Waals surface area (Å²) in [4.78, 5) is 6.66. The molecule has 3 heterocycles. The molecular formula is C58H66N6O8. The van der Waals surface area contributed by atoms with Gasteiger partial charge in [-0.25, -0.2) is 4.68 Å². The molecule has 0 N–H and O–H groups in total. The minimum Gasteiger partial charge on any atom is -0.491 e. The summed E-state index contributed by atoms with van der Waals surface area (Å²) in [7, 11) is 9.86. The van der Waals surface area contributed by atoms with Gasteiger partial charge in [-0.05, 0) is 59.7 Å². The second kappa shape index (κ2) is 23.7. The lowest BCUT2D eigenvalue weighted by atomic mass is 9.76. The molecule has 9 rings (SSSR count). The molecular weight excluding hydrogens is 909 g/mol. The van der Waals surface area contributed by atoms with Crippen molar-refractivity contribution < 1.29 is 37.9 Å². The number of nitrogens with zero attached hydrogens (tertiary/aromatic N) is 6. The highest BCUT2D eigenvalue weighted by atomic mass is 16.6. The van der Waals surface area contributed by atoms with Crippen molar-refractivity contribution in [3.63, 3.8) is 0 Å². The fraction of sp³-hybridized carbons (Fsp3) is 0.345. The van der Waals surface area contributed by atoms with Crippen molar-refractivity contribution in [2.24, 2.45) is 0 Å². The summed E-state index contributed by atoms with van der Waals surface area (Å²) in [6.45, 7) is 6.45. The number of rotatable bonds is 26. The first-order valence-corrected chi connectivity index (χ1v) is 24.7. The second-order valence-electron chi connectivity index (χ2n) is 17.8. The fourth-order valence-electron chi connectivity index (χ4n) is 10.00. The van der Waals surface area contributed by atoms with E-state index in [1.807, 2.05) is 18.3 Å². The molecule has 0 atom stereocenters. The Morgan fingerprint density at radius 1 is 0.472 bits per heavy atom. The lowest BCUT2D eigenvalue weighted by Crippen LogP contribution is -2.38. The van der Waals surface area contributed by atoms with Crippen molar-refractivity contribution in [3.05, 3.63) is 191 Å². The predicted molar refractivity (Wildman–Crippen MR) is 280 cm³/mol. The van der Waals surface area contributed by atoms with E-state index in [2.05, 4.69) is 180 Å². The Morgan fingerprint density at radius 3 is 1.38 bits per heavy atom. The molecule has 14 heteroatoms. The lowest BCUT2D eigenvalue weighted by Gasteiger charge is -2.43. The molecule has 7 aromatic rings. The number of aromatic nitrogens is 3. The highest BCUT2D eigenvalue weighted by molar-refractivity contribution is 5.80. The van der Waals surface area contributed by atoms with Gasteiger partial charge in [0.15, 0.2) is 0 Å². The number of para-hydroxylation sites is 4. The Labute approximate surface area is 423 Å². The van der Waals surface area contributed by atoms with Crippen molar-refractivity contribution in [1.82, 2.24) is 15.0 Å². The van der Waals surface area contributed by atoms with Crippen LogP contribution in [-0.4, -0.2) is 123 Å². The van der Waals surface area contributed by atoms with Crippen molar-refractivity contribution in [3.8, 4) is 5.75 Å². The zero-order valence-corrected chi connectivity index (χ0v) is 42.1. The number of anilines is 5. The Morgan fingerprint density at radius 2 is 0.889 bits per heavy atom. The van der Waals surface area contributed by atoms with Gasteiger partial charge in [-0.3, -0.25) is 0 Å². The van der Waals surface area contributed by atoms with E-state index in [4.69, 9.17) is 37.9 Å². The second-order valence-corrected chi connectivity index (χ2v) is 17.8. The van der Waals surface area contributed by atoms with Crippen LogP contribution in [0.2, 0.25) is 0 Å². The molecule has 14 nitrogen and oxygen atoms in total. The van der Waals surface area contributed by atoms with Crippen LogP contribution in [0.5, 0.6) is 5.75 Å². The molecule has 0 amide bonds. The van der Waals surface area contributed by atoms with Gasteiger partial charge >= 0.3 is 0 Å². The third-order valence-corrected chi connectivity index (χ3v) is 13.7. The Balaban J connectivity index is 0.599. The largest absolute Gasteiger partial charge is 0.491 e. The van der Waals surface area contributed by atoms with E-state index in [0.717, 1.165) is 79.8 Å². The van der Waals surface area contributed by atoms with Gasteiger partial charge in [0.05, 0.1) is 78.8 Å². The summed E-state index contributed by atoms with van der Waals surface area (Å²) in [5.74, 6) is 0.768. The van der Waals surface area contributed by atoms with Gasteiger partial charge in [0.25, 0.3) is 0 Å². The lowest BCUT2D eigenvalue weighted by molar-refractivity contribution is 0.00546. The van der Waals surface area contributed by atoms with Crippen molar-refractivity contribution in [1.29, 1.82) is 0 Å². The summed E-state index contributed by atoms with van der Waals surface area (Å²) in [5.41, 5.74) is 11.5. The number of hydrogen-bond donors (Lipinski definition) is 0. The van der Waals surface area contributed by atoms with Crippen molar-refractivity contribution >= 4 is 28.4 Å². The molecule has 6 aromatic carbocycles. The molecule has 0 bridgehead atoms. The van der Waals surface area contributed by atoms with E-state index >= 15 is 0 Å². The van der Waals surface area contributed by atoms with E-state index < -0.39 is 11.2 Å². The van der Waals surface area contributed by atoms with Crippen LogP contribution in [0.4, 0.5) is 28.4 Å². The number of hydrogen-bond acceptors (Lipinski definition) is 13. The van der Waals surface area contributed by atoms with Gasteiger partial charge in [0, 0.05) is 92.6 Å². The van der Waals surface area contributed by atoms with Crippen LogP contribution in [0.3, 0.4) is 0 Å². The van der Waals surface area contributed by atoms with E-state index in [1.54, 1.807) is 18.9 Å². The molecule has 0 spiro atoms. The average Bonchev–Trinajstić information content (AvgIpc) is 3.89. The molecule has 1 aromatic heterocycles. The SMILES string of the molecule is COC1(c2ccc(OCCOCCOCCOCc3cn(CCOCCOCCN(C)c4ccc(C5(OC)c6ccccc6N(C)c6ccccc65)cc4)nn3)cc2)c2ccccc2N(C)c2ccccc21. The highest BCUT2D eigenvalue weighted by Crippen LogP contribution is 2.54. The van der Waals surface area contributed by atoms with Crippen LogP contribution in [-0.2, 0) is 57.5 Å². The smallest absolute Gasteiger partial charge is 0.147 e. The monoisotopic (exact) mass is 974 g/mol. The molecule has 2 aliphatic rings. The molecule has 0 fully saturated rings. The number of fused-ring (bicyclic) bond motifs is 4. The molecule has 2 aliphatic heterocycles. The predicted octanol–water partition coefficient (Wildman–Crippen LogP) is 9.12. The molecule has 376 valence electrons. The zero-order valence-electron chi connectivity index (χ0n) is 42.1. The Kier molecular flexibility index (Phi) is 16.6. The van der Waals surface area contributed by atoms with E-state index in [0.29, 0.717) is 79.2 Å². The summed E-state index contributed by atoms with van der Waals surface area (Å²) >= 11 is 0. The highest BCUT2D eigenvalue weighted by Gasteiger charge is 2.45. The maximum Gasteiger partial charge on any atom is 0.147 e. The summed E-state index contributed by atoms with van der Waals surface area (Å²) in [6, 6.07) is 50.6. The zero-order chi connectivity index (χ0) is 49.8. The molecule has 0 saturated heterocycles. The van der Waals surface area contributed by atoms with Crippen LogP contribution < -0.4 is 19.4 Å². The van der Waals surface area contributed by atoms with Gasteiger partial charge in [0.1, 0.15) is 29.3 Å². The van der Waals surface area contributed by atoms with Gasteiger partial charge < -0.3 is 52.6 Å². The first kappa shape index (κ1) is 50.3. The third-order valence-electron chi connectivity index (χ3n) is 13.7. The Bertz CT molecular complexity index is 2730. The van der Waals surface area contributed by atoms with E-state index in [9.17, 15) is 0 Å². The molecule has 0 unspecified atom stereocenters. The minimum atomic E-state index is -0.745. The fourth-order valence-corrected chi connectivity index (χ4v) is 10.00. The number of ether oxygens (including phenoxy) is 8. The van der Waals surface area contributed by atoms with E-state index in [1.165, 1.54) is 0 Å². The van der Waals surface area contributed by atoms with Crippen LogP contribution in [0.25, 0.3) is 0 Å². The number of methoxy groups -OCH3 is 2. The first-order valence-electron chi connectivity index (χ1n) is 24.7. The summed E-state index contributed by atoms with van der Waals surface area (Å²) < 4.78 is 49.6. The molecule has 0 aliphatic carbocycles. The topological polar surface area (TPSA) is 114 Å². The minimum absolute atomic E-state index is 0.352. The van der Waals surface area contributed by atoms with Crippen LogP contribution in [0.15, 0.2) is 152 Å². The van der Waals surface area contributed by atoms with Crippen molar-refractivity contribution in [2.75, 3.05) is 123 Å². The molecule has 0 saturated carbocycles. The van der Waals surface area contributed by atoms with Gasteiger partial charge in [-0.1, -0.05) is 102 Å². The van der Waals surface area contributed by atoms with Gasteiger partial charge in [-0.15, -0.1) is 5.10 Å². The average molecular weight is 975 g/mol. The van der Waals surface area contributed by atoms with E-state index in [-0.39, 0.29) is 0 Å². The van der Waals surface area contributed by atoms with Gasteiger partial charge in [-0.2, -0.15) is 0 Å². The summed E-state index contributed by atoms with van der Waals surface area (Å²) in [6.07, 6.45) is 1.87. The maximum absolute atomic E-state index is 6.48. The standard InChI is InChI=1S/C58H66N6O8/c1-61(47-26-22-44(23-27-47)57(65-4)49-14-6-10-18-53(49)62(2)54-19-11-7-15-50(54)57)30-32-67-34-35-68-33-31-64-42-46(59-60-64)43-71-39-38-69-36-37-70-40-41-72-48-28-24-45(25-29-48)58(66-5)51-16-8-12-20-55(51)63(3)56-21-13-9-17-52(56)58/h6-29,42H,30-41,43H2,1-5H3. The Hall–Kier alpha value is -6.62. The molecule has 72 heavy (non-hydrogen) atoms. The first-order chi connectivity index (χ1) is 35.4. The van der Waals surface area contributed by atoms with Crippen LogP contribution >= 0.6 is 0 Å². The maximum atomic E-state index is 6.48. The molecule has 0 radical (unpaired) electrons. The number of likely N-dealkylation sites (N-methyl/N-ethyl adjacent to an activating group) is 1. The van der Waals surface area contributed by atoms with Crippen molar-refractivity contribution in [2.45, 2.75) is 24.4 Å². The summed E-state index contributed by atoms with van der Waals surface area (Å²) in [5, 5.41) is 8.42. The van der Waals surface area contributed by atoms with Gasteiger partial charge in [0.2, 0.25) is 0 Å². The normalized spacial score (nSPS) is 14.1.